The van der Waals surface area contributed by atoms with Gasteiger partial charge in [0.05, 0.1) is 11.1 Å². The number of hydrogen-bond donors (Lipinski definition) is 4. The third kappa shape index (κ3) is 4.03. The van der Waals surface area contributed by atoms with Gasteiger partial charge in [-0.2, -0.15) is 0 Å². The number of phenolic OH excluding ortho intramolecular Hbond substituents is 4. The molecule has 2 aromatic rings. The predicted molar refractivity (Wildman–Crippen MR) is 119 cm³/mol. The molecule has 0 atom stereocenters. The van der Waals surface area contributed by atoms with Crippen LogP contribution in [0.2, 0.25) is 0 Å². The lowest BCUT2D eigenvalue weighted by Crippen LogP contribution is -2.17. The van der Waals surface area contributed by atoms with Crippen LogP contribution in [0.1, 0.15) is 84.6 Å². The van der Waals surface area contributed by atoms with Crippen molar-refractivity contribution in [2.45, 2.75) is 85.5 Å². The molecule has 0 unspecified atom stereocenters. The van der Waals surface area contributed by atoms with Gasteiger partial charge in [0.25, 0.3) is 0 Å². The number of benzene rings is 2. The summed E-state index contributed by atoms with van der Waals surface area (Å²) in [6.45, 7) is 19.5. The summed E-state index contributed by atoms with van der Waals surface area (Å²) in [6, 6.07) is 3.57. The molecule has 0 aliphatic carbocycles. The normalized spacial score (nSPS) is 13.0. The number of rotatable bonds is 1. The van der Waals surface area contributed by atoms with Crippen molar-refractivity contribution < 1.29 is 20.4 Å². The molecule has 0 saturated carbocycles. The summed E-state index contributed by atoms with van der Waals surface area (Å²) in [5.74, 6) is -0.526. The van der Waals surface area contributed by atoms with Gasteiger partial charge in [0, 0.05) is 16.7 Å². The molecule has 29 heavy (non-hydrogen) atoms. The van der Waals surface area contributed by atoms with Crippen LogP contribution in [0.25, 0.3) is 11.1 Å². The molecular weight excluding hydrogens is 364 g/mol. The highest BCUT2D eigenvalue weighted by Gasteiger charge is 2.33. The molecule has 0 fully saturated rings. The van der Waals surface area contributed by atoms with E-state index in [1.165, 1.54) is 0 Å². The predicted octanol–water partition coefficient (Wildman–Crippen LogP) is 6.38. The Bertz CT molecular complexity index is 911. The second-order valence-electron chi connectivity index (χ2n) is 11.1. The quantitative estimate of drug-likeness (QED) is 0.448. The van der Waals surface area contributed by atoms with Crippen LogP contribution in [-0.4, -0.2) is 20.4 Å². The molecule has 2 aromatic carbocycles. The molecule has 0 radical (unpaired) electrons. The van der Waals surface area contributed by atoms with Crippen LogP contribution < -0.4 is 0 Å². The number of phenols is 4. The van der Waals surface area contributed by atoms with E-state index in [4.69, 9.17) is 0 Å². The minimum absolute atomic E-state index is 0.0709. The maximum atomic E-state index is 11.2. The van der Waals surface area contributed by atoms with Gasteiger partial charge in [0.15, 0.2) is 0 Å². The fraction of sp³-hybridized carbons (Fsp3) is 0.520. The molecular formula is C25H36O4. The van der Waals surface area contributed by atoms with Crippen molar-refractivity contribution in [3.05, 3.63) is 34.4 Å². The van der Waals surface area contributed by atoms with E-state index in [0.717, 1.165) is 0 Å². The Morgan fingerprint density at radius 3 is 1.07 bits per heavy atom. The lowest BCUT2D eigenvalue weighted by Gasteiger charge is -2.30. The van der Waals surface area contributed by atoms with Crippen LogP contribution in [0.15, 0.2) is 12.1 Å². The highest BCUT2D eigenvalue weighted by atomic mass is 16.3. The van der Waals surface area contributed by atoms with Crippen molar-refractivity contribution in [1.29, 1.82) is 0 Å². The van der Waals surface area contributed by atoms with Gasteiger partial charge in [-0.1, -0.05) is 62.3 Å². The smallest absolute Gasteiger partial charge is 0.131 e. The second-order valence-corrected chi connectivity index (χ2v) is 11.1. The zero-order valence-corrected chi connectivity index (χ0v) is 19.4. The first-order valence-corrected chi connectivity index (χ1v) is 10.0. The first-order chi connectivity index (χ1) is 12.9. The topological polar surface area (TPSA) is 80.9 Å². The molecule has 4 N–H and O–H groups in total. The number of aryl methyl sites for hydroxylation is 1. The van der Waals surface area contributed by atoms with Crippen LogP contribution in [0.5, 0.6) is 23.0 Å². The lowest BCUT2D eigenvalue weighted by molar-refractivity contribution is 0.412. The molecule has 2 rings (SSSR count). The maximum absolute atomic E-state index is 11.2. The summed E-state index contributed by atoms with van der Waals surface area (Å²) in [7, 11) is 0. The van der Waals surface area contributed by atoms with Gasteiger partial charge < -0.3 is 20.4 Å². The van der Waals surface area contributed by atoms with Gasteiger partial charge in [-0.15, -0.1) is 0 Å². The molecule has 0 saturated heterocycles. The SMILES string of the molecule is Cc1cc(C(C)(C)C)c(O)c(-c2c(O)c(C(C)(C)C)cc(C(C)(C)C)c2O)c1O. The van der Waals surface area contributed by atoms with Crippen LogP contribution in [0.4, 0.5) is 0 Å². The molecule has 160 valence electrons. The summed E-state index contributed by atoms with van der Waals surface area (Å²) in [5, 5.41) is 44.4. The van der Waals surface area contributed by atoms with Crippen LogP contribution >= 0.6 is 0 Å². The first kappa shape index (κ1) is 22.9. The van der Waals surface area contributed by atoms with Crippen molar-refractivity contribution >= 4 is 0 Å². The fourth-order valence-electron chi connectivity index (χ4n) is 3.65. The average molecular weight is 401 g/mol. The molecule has 0 amide bonds. The van der Waals surface area contributed by atoms with Crippen LogP contribution in [0, 0.1) is 6.92 Å². The van der Waals surface area contributed by atoms with Crippen LogP contribution in [0.3, 0.4) is 0 Å². The van der Waals surface area contributed by atoms with Crippen molar-refractivity contribution in [3.63, 3.8) is 0 Å². The van der Waals surface area contributed by atoms with Gasteiger partial charge in [-0.3, -0.25) is 0 Å². The van der Waals surface area contributed by atoms with Crippen molar-refractivity contribution in [3.8, 4) is 34.1 Å². The van der Waals surface area contributed by atoms with Gasteiger partial charge in [-0.05, 0) is 40.9 Å². The van der Waals surface area contributed by atoms with Crippen molar-refractivity contribution in [1.82, 2.24) is 0 Å². The molecule has 0 bridgehead atoms. The number of hydrogen-bond acceptors (Lipinski definition) is 4. The lowest BCUT2D eigenvalue weighted by atomic mass is 9.76. The zero-order chi connectivity index (χ0) is 22.7. The maximum Gasteiger partial charge on any atom is 0.131 e. The Labute approximate surface area is 174 Å². The van der Waals surface area contributed by atoms with Crippen molar-refractivity contribution in [2.75, 3.05) is 0 Å². The van der Waals surface area contributed by atoms with E-state index >= 15 is 0 Å². The van der Waals surface area contributed by atoms with E-state index in [0.29, 0.717) is 22.3 Å². The zero-order valence-electron chi connectivity index (χ0n) is 19.4. The summed E-state index contributed by atoms with van der Waals surface area (Å²) < 4.78 is 0. The van der Waals surface area contributed by atoms with Gasteiger partial charge >= 0.3 is 0 Å². The molecule has 4 nitrogen and oxygen atoms in total. The Kier molecular flexibility index (Phi) is 5.42. The number of aromatic hydroxyl groups is 4. The highest BCUT2D eigenvalue weighted by molar-refractivity contribution is 5.89. The monoisotopic (exact) mass is 400 g/mol. The van der Waals surface area contributed by atoms with E-state index < -0.39 is 16.2 Å². The van der Waals surface area contributed by atoms with E-state index in [1.807, 2.05) is 68.4 Å². The summed E-state index contributed by atoms with van der Waals surface area (Å²) in [5.41, 5.74) is 1.44. The summed E-state index contributed by atoms with van der Waals surface area (Å²) in [6.07, 6.45) is 0. The molecule has 0 spiro atoms. The molecule has 0 aliphatic rings. The Morgan fingerprint density at radius 1 is 0.483 bits per heavy atom. The van der Waals surface area contributed by atoms with E-state index in [9.17, 15) is 20.4 Å². The molecule has 4 heteroatoms. The van der Waals surface area contributed by atoms with E-state index in [-0.39, 0.29) is 34.1 Å². The van der Waals surface area contributed by atoms with Gasteiger partial charge in [-0.25, -0.2) is 0 Å². The van der Waals surface area contributed by atoms with Gasteiger partial charge in [0.1, 0.15) is 23.0 Å². The Balaban J connectivity index is 3.13. The third-order valence-corrected chi connectivity index (χ3v) is 5.41. The second kappa shape index (κ2) is 6.86. The largest absolute Gasteiger partial charge is 0.507 e. The molecule has 0 aromatic heterocycles. The highest BCUT2D eigenvalue weighted by Crippen LogP contribution is 2.55. The van der Waals surface area contributed by atoms with E-state index in [2.05, 4.69) is 0 Å². The fourth-order valence-corrected chi connectivity index (χ4v) is 3.65. The third-order valence-electron chi connectivity index (χ3n) is 5.41. The van der Waals surface area contributed by atoms with E-state index in [1.54, 1.807) is 13.0 Å². The van der Waals surface area contributed by atoms with Crippen molar-refractivity contribution in [2.24, 2.45) is 0 Å². The summed E-state index contributed by atoms with van der Waals surface area (Å²) in [4.78, 5) is 0. The first-order valence-electron chi connectivity index (χ1n) is 10.0. The minimum Gasteiger partial charge on any atom is -0.507 e. The standard InChI is InChI=1S/C25H36O4/c1-13-11-14(23(2,3)4)20(27)17(19(13)26)18-21(28)15(24(5,6)7)12-16(22(18)29)25(8,9)10/h11-12,26-29H,1-10H3. The van der Waals surface area contributed by atoms with Gasteiger partial charge in [0.2, 0.25) is 0 Å². The average Bonchev–Trinajstić information content (AvgIpc) is 2.50. The van der Waals surface area contributed by atoms with Crippen LogP contribution in [-0.2, 0) is 16.2 Å². The Hall–Kier alpha value is -2.36. The minimum atomic E-state index is -0.408. The summed E-state index contributed by atoms with van der Waals surface area (Å²) >= 11 is 0. The molecule has 0 aliphatic heterocycles. The Morgan fingerprint density at radius 2 is 0.759 bits per heavy atom. The molecule has 0 heterocycles.